The molecule has 116 valence electrons. The first-order valence-corrected chi connectivity index (χ1v) is 10.4. The molecule has 0 heterocycles. The third-order valence-electron chi connectivity index (χ3n) is 4.56. The van der Waals surface area contributed by atoms with Gasteiger partial charge in [0.15, 0.2) is 9.84 Å². The van der Waals surface area contributed by atoms with Crippen LogP contribution >= 0.6 is 0 Å². The van der Waals surface area contributed by atoms with E-state index in [2.05, 4.69) is 4.72 Å². The molecular weight excluding hydrogens is 310 g/mol. The van der Waals surface area contributed by atoms with E-state index in [1.807, 2.05) is 6.07 Å². The smallest absolute Gasteiger partial charge is 0.228 e. The molecule has 2 aliphatic rings. The van der Waals surface area contributed by atoms with Crippen LogP contribution in [0.25, 0.3) is 0 Å². The monoisotopic (exact) mass is 329 g/mol. The van der Waals surface area contributed by atoms with Gasteiger partial charge in [-0.2, -0.15) is 0 Å². The Balaban J connectivity index is 1.79. The van der Waals surface area contributed by atoms with Crippen LogP contribution in [0.1, 0.15) is 30.4 Å². The zero-order valence-electron chi connectivity index (χ0n) is 11.9. The summed E-state index contributed by atoms with van der Waals surface area (Å²) in [6.07, 6.45) is 5.19. The van der Waals surface area contributed by atoms with Gasteiger partial charge in [0.25, 0.3) is 0 Å². The Labute approximate surface area is 125 Å². The first-order chi connectivity index (χ1) is 9.74. The Morgan fingerprint density at radius 2 is 1.76 bits per heavy atom. The summed E-state index contributed by atoms with van der Waals surface area (Å²) in [6, 6.07) is 5.18. The molecule has 21 heavy (non-hydrogen) atoms. The van der Waals surface area contributed by atoms with Crippen LogP contribution in [0.2, 0.25) is 0 Å². The molecule has 0 aromatic heterocycles. The lowest BCUT2D eigenvalue weighted by molar-refractivity contribution is 0.566. The molecule has 7 heteroatoms. The fourth-order valence-electron chi connectivity index (χ4n) is 2.84. The topological polar surface area (TPSA) is 80.3 Å². The summed E-state index contributed by atoms with van der Waals surface area (Å²) >= 11 is 0. The van der Waals surface area contributed by atoms with Crippen molar-refractivity contribution in [1.29, 1.82) is 0 Å². The average Bonchev–Trinajstić information content (AvgIpc) is 3.07. The van der Waals surface area contributed by atoms with E-state index in [0.29, 0.717) is 12.8 Å². The van der Waals surface area contributed by atoms with Crippen molar-refractivity contribution in [2.75, 3.05) is 12.8 Å². The summed E-state index contributed by atoms with van der Waals surface area (Å²) in [7, 11) is -6.88. The van der Waals surface area contributed by atoms with Crippen molar-refractivity contribution in [2.24, 2.45) is 0 Å². The van der Waals surface area contributed by atoms with Crippen LogP contribution in [0.5, 0.6) is 0 Å². The Kier molecular flexibility index (Phi) is 3.42. The van der Waals surface area contributed by atoms with Crippen LogP contribution in [0, 0.1) is 0 Å². The number of fused-ring (bicyclic) bond motifs is 1. The van der Waals surface area contributed by atoms with Gasteiger partial charge in [-0.05, 0) is 55.4 Å². The summed E-state index contributed by atoms with van der Waals surface area (Å²) in [4.78, 5) is 0.229. The number of nitrogens with one attached hydrogen (secondary N) is 1. The largest absolute Gasteiger partial charge is 0.240 e. The standard InChI is InChI=1S/C14H19NO4S2/c1-20(16,17)14(7-8-14)10-15-21(18,19)13-6-5-11-3-2-4-12(11)9-13/h5-6,9,15H,2-4,7-8,10H2,1H3. The molecule has 0 bridgehead atoms. The normalized spacial score (nSPS) is 20.2. The lowest BCUT2D eigenvalue weighted by Gasteiger charge is -2.14. The number of benzene rings is 1. The predicted octanol–water partition coefficient (Wildman–Crippen LogP) is 1.03. The molecule has 1 fully saturated rings. The fraction of sp³-hybridized carbons (Fsp3) is 0.571. The molecule has 1 saturated carbocycles. The second-order valence-corrected chi connectivity index (χ2v) is 10.2. The minimum atomic E-state index is -3.65. The molecular formula is C14H19NO4S2. The SMILES string of the molecule is CS(=O)(=O)C1(CNS(=O)(=O)c2ccc3c(c2)CCC3)CC1. The lowest BCUT2D eigenvalue weighted by atomic mass is 10.1. The minimum Gasteiger partial charge on any atom is -0.228 e. The van der Waals surface area contributed by atoms with E-state index in [9.17, 15) is 16.8 Å². The Bertz CT molecular complexity index is 777. The molecule has 0 radical (unpaired) electrons. The highest BCUT2D eigenvalue weighted by Gasteiger charge is 2.52. The predicted molar refractivity (Wildman–Crippen MR) is 80.5 cm³/mol. The van der Waals surface area contributed by atoms with Gasteiger partial charge >= 0.3 is 0 Å². The van der Waals surface area contributed by atoms with Gasteiger partial charge in [0.2, 0.25) is 10.0 Å². The molecule has 0 unspecified atom stereocenters. The summed E-state index contributed by atoms with van der Waals surface area (Å²) in [6.45, 7) is -0.0365. The maximum absolute atomic E-state index is 12.3. The van der Waals surface area contributed by atoms with E-state index >= 15 is 0 Å². The van der Waals surface area contributed by atoms with Crippen LogP contribution in [-0.4, -0.2) is 34.4 Å². The Morgan fingerprint density at radius 3 is 2.38 bits per heavy atom. The average molecular weight is 329 g/mol. The highest BCUT2D eigenvalue weighted by molar-refractivity contribution is 7.92. The van der Waals surface area contributed by atoms with Crippen molar-refractivity contribution >= 4 is 19.9 Å². The number of hydrogen-bond acceptors (Lipinski definition) is 4. The molecule has 0 atom stereocenters. The number of hydrogen-bond donors (Lipinski definition) is 1. The van der Waals surface area contributed by atoms with Crippen LogP contribution in [0.4, 0.5) is 0 Å². The second kappa shape index (κ2) is 4.79. The van der Waals surface area contributed by atoms with Crippen LogP contribution < -0.4 is 4.72 Å². The third kappa shape index (κ3) is 2.74. The number of sulfone groups is 1. The fourth-order valence-corrected chi connectivity index (χ4v) is 5.29. The highest BCUT2D eigenvalue weighted by atomic mass is 32.2. The number of sulfonamides is 1. The van der Waals surface area contributed by atoms with Gasteiger partial charge in [-0.3, -0.25) is 0 Å². The molecule has 0 spiro atoms. The van der Waals surface area contributed by atoms with E-state index in [1.54, 1.807) is 12.1 Å². The first kappa shape index (κ1) is 15.0. The van der Waals surface area contributed by atoms with Gasteiger partial charge in [0, 0.05) is 12.8 Å². The molecule has 0 saturated heterocycles. The highest BCUT2D eigenvalue weighted by Crippen LogP contribution is 2.42. The number of aryl methyl sites for hydroxylation is 2. The summed E-state index contributed by atoms with van der Waals surface area (Å²) in [5, 5.41) is 0. The third-order valence-corrected chi connectivity index (χ3v) is 8.08. The van der Waals surface area contributed by atoms with Gasteiger partial charge < -0.3 is 0 Å². The van der Waals surface area contributed by atoms with Crippen LogP contribution in [0.15, 0.2) is 23.1 Å². The van der Waals surface area contributed by atoms with Gasteiger partial charge in [0.05, 0.1) is 9.64 Å². The molecule has 5 nitrogen and oxygen atoms in total. The maximum atomic E-state index is 12.3. The number of rotatable bonds is 5. The summed E-state index contributed by atoms with van der Waals surface area (Å²) in [5.41, 5.74) is 2.30. The molecule has 3 rings (SSSR count). The minimum absolute atomic E-state index is 0.0365. The molecule has 1 N–H and O–H groups in total. The molecule has 0 amide bonds. The van der Waals surface area contributed by atoms with Crippen LogP contribution in [-0.2, 0) is 32.7 Å². The van der Waals surface area contributed by atoms with Gasteiger partial charge in [-0.25, -0.2) is 21.6 Å². The van der Waals surface area contributed by atoms with Crippen molar-refractivity contribution in [3.8, 4) is 0 Å². The van der Waals surface area contributed by atoms with Crippen molar-refractivity contribution in [1.82, 2.24) is 4.72 Å². The molecule has 1 aromatic carbocycles. The first-order valence-electron chi connectivity index (χ1n) is 7.05. The zero-order chi connectivity index (χ0) is 15.3. The zero-order valence-corrected chi connectivity index (χ0v) is 13.6. The lowest BCUT2D eigenvalue weighted by Crippen LogP contribution is -2.38. The van der Waals surface area contributed by atoms with Crippen molar-refractivity contribution in [3.05, 3.63) is 29.3 Å². The van der Waals surface area contributed by atoms with Crippen LogP contribution in [0.3, 0.4) is 0 Å². The van der Waals surface area contributed by atoms with E-state index in [4.69, 9.17) is 0 Å². The summed E-state index contributed by atoms with van der Waals surface area (Å²) in [5.74, 6) is 0. The molecule has 1 aromatic rings. The van der Waals surface area contributed by atoms with Gasteiger partial charge in [0.1, 0.15) is 0 Å². The van der Waals surface area contributed by atoms with Gasteiger partial charge in [-0.1, -0.05) is 6.07 Å². The molecule has 0 aliphatic heterocycles. The van der Waals surface area contributed by atoms with E-state index < -0.39 is 24.6 Å². The van der Waals surface area contributed by atoms with E-state index in [-0.39, 0.29) is 11.4 Å². The second-order valence-electron chi connectivity index (χ2n) is 6.06. The van der Waals surface area contributed by atoms with E-state index in [0.717, 1.165) is 24.8 Å². The van der Waals surface area contributed by atoms with Gasteiger partial charge in [-0.15, -0.1) is 0 Å². The maximum Gasteiger partial charge on any atom is 0.240 e. The quantitative estimate of drug-likeness (QED) is 0.875. The van der Waals surface area contributed by atoms with E-state index in [1.165, 1.54) is 11.8 Å². The van der Waals surface area contributed by atoms with Crippen molar-refractivity contribution < 1.29 is 16.8 Å². The molecule has 2 aliphatic carbocycles. The van der Waals surface area contributed by atoms with Crippen molar-refractivity contribution in [2.45, 2.75) is 41.7 Å². The summed E-state index contributed by atoms with van der Waals surface area (Å²) < 4.78 is 49.6. The van der Waals surface area contributed by atoms with Crippen molar-refractivity contribution in [3.63, 3.8) is 0 Å². The Hall–Kier alpha value is -0.920. The Morgan fingerprint density at radius 1 is 1.10 bits per heavy atom.